The summed E-state index contributed by atoms with van der Waals surface area (Å²) in [6, 6.07) is 13.6. The number of para-hydroxylation sites is 1. The summed E-state index contributed by atoms with van der Waals surface area (Å²) in [5.41, 5.74) is 1.12. The van der Waals surface area contributed by atoms with Crippen LogP contribution in [0.4, 0.5) is 10.1 Å². The Hall–Kier alpha value is -2.89. The zero-order valence-corrected chi connectivity index (χ0v) is 15.4. The Bertz CT molecular complexity index is 817. The maximum absolute atomic E-state index is 13.9. The number of carbonyl (C=O) groups excluding carboxylic acids is 2. The molecule has 1 fully saturated rings. The topological polar surface area (TPSA) is 49.9 Å². The first-order valence-electron chi connectivity index (χ1n) is 9.03. The molecular formula is C21H23FN2O3. The van der Waals surface area contributed by atoms with Gasteiger partial charge in [0.2, 0.25) is 5.91 Å². The molecule has 1 amide bonds. The Kier molecular flexibility index (Phi) is 6.06. The molecule has 3 rings (SSSR count). The molecule has 5 nitrogen and oxygen atoms in total. The van der Waals surface area contributed by atoms with E-state index in [0.29, 0.717) is 43.2 Å². The van der Waals surface area contributed by atoms with E-state index in [9.17, 15) is 14.0 Å². The molecule has 27 heavy (non-hydrogen) atoms. The molecule has 0 radical (unpaired) electrons. The van der Waals surface area contributed by atoms with Crippen LogP contribution in [0.3, 0.4) is 0 Å². The predicted octanol–water partition coefficient (Wildman–Crippen LogP) is 3.15. The molecule has 1 aliphatic heterocycles. The van der Waals surface area contributed by atoms with Crippen LogP contribution in [0.2, 0.25) is 0 Å². The molecular weight excluding hydrogens is 347 g/mol. The smallest absolute Gasteiger partial charge is 0.223 e. The van der Waals surface area contributed by atoms with Crippen LogP contribution in [-0.4, -0.2) is 49.9 Å². The second kappa shape index (κ2) is 8.66. The van der Waals surface area contributed by atoms with Gasteiger partial charge >= 0.3 is 0 Å². The SMILES string of the molecule is COc1cccc(C(=O)CCC(=O)N2CCN(c3ccccc3F)CC2)c1. The number of amides is 1. The van der Waals surface area contributed by atoms with Crippen molar-refractivity contribution in [3.8, 4) is 5.75 Å². The van der Waals surface area contributed by atoms with E-state index in [4.69, 9.17) is 4.74 Å². The van der Waals surface area contributed by atoms with Gasteiger partial charge in [-0.25, -0.2) is 4.39 Å². The average molecular weight is 370 g/mol. The molecule has 142 valence electrons. The Morgan fingerprint density at radius 3 is 2.44 bits per heavy atom. The summed E-state index contributed by atoms with van der Waals surface area (Å²) in [5.74, 6) is 0.254. The first kappa shape index (κ1) is 18.9. The van der Waals surface area contributed by atoms with Crippen LogP contribution < -0.4 is 9.64 Å². The number of hydrogen-bond donors (Lipinski definition) is 0. The molecule has 0 spiro atoms. The largest absolute Gasteiger partial charge is 0.497 e. The minimum Gasteiger partial charge on any atom is -0.497 e. The molecule has 0 aliphatic carbocycles. The quantitative estimate of drug-likeness (QED) is 0.733. The fraction of sp³-hybridized carbons (Fsp3) is 0.333. The monoisotopic (exact) mass is 370 g/mol. The van der Waals surface area contributed by atoms with Crippen LogP contribution >= 0.6 is 0 Å². The van der Waals surface area contributed by atoms with Crippen LogP contribution in [-0.2, 0) is 4.79 Å². The van der Waals surface area contributed by atoms with Crippen molar-refractivity contribution in [2.75, 3.05) is 38.2 Å². The fourth-order valence-corrected chi connectivity index (χ4v) is 3.22. The van der Waals surface area contributed by atoms with E-state index < -0.39 is 0 Å². The van der Waals surface area contributed by atoms with E-state index in [1.807, 2.05) is 4.90 Å². The van der Waals surface area contributed by atoms with Gasteiger partial charge in [-0.1, -0.05) is 24.3 Å². The predicted molar refractivity (Wildman–Crippen MR) is 102 cm³/mol. The van der Waals surface area contributed by atoms with Crippen molar-refractivity contribution in [1.82, 2.24) is 4.90 Å². The molecule has 1 aliphatic rings. The van der Waals surface area contributed by atoms with Gasteiger partial charge in [-0.15, -0.1) is 0 Å². The highest BCUT2D eigenvalue weighted by Gasteiger charge is 2.23. The Morgan fingerprint density at radius 2 is 1.74 bits per heavy atom. The van der Waals surface area contributed by atoms with Crippen LogP contribution in [0.5, 0.6) is 5.75 Å². The van der Waals surface area contributed by atoms with Crippen LogP contribution in [0.15, 0.2) is 48.5 Å². The average Bonchev–Trinajstić information content (AvgIpc) is 2.72. The van der Waals surface area contributed by atoms with Crippen molar-refractivity contribution in [3.63, 3.8) is 0 Å². The van der Waals surface area contributed by atoms with Gasteiger partial charge in [0.05, 0.1) is 12.8 Å². The molecule has 0 N–H and O–H groups in total. The third-order valence-corrected chi connectivity index (χ3v) is 4.78. The minimum atomic E-state index is -0.249. The summed E-state index contributed by atoms with van der Waals surface area (Å²) >= 11 is 0. The maximum atomic E-state index is 13.9. The van der Waals surface area contributed by atoms with Crippen molar-refractivity contribution >= 4 is 17.4 Å². The van der Waals surface area contributed by atoms with Crippen molar-refractivity contribution in [3.05, 3.63) is 59.9 Å². The minimum absolute atomic E-state index is 0.0422. The van der Waals surface area contributed by atoms with Gasteiger partial charge < -0.3 is 14.5 Å². The van der Waals surface area contributed by atoms with Gasteiger partial charge in [0.15, 0.2) is 5.78 Å². The van der Waals surface area contributed by atoms with Gasteiger partial charge in [-0.3, -0.25) is 9.59 Å². The molecule has 0 saturated carbocycles. The van der Waals surface area contributed by atoms with Crippen molar-refractivity contribution in [2.45, 2.75) is 12.8 Å². The summed E-state index contributed by atoms with van der Waals surface area (Å²) in [4.78, 5) is 28.4. The highest BCUT2D eigenvalue weighted by atomic mass is 19.1. The number of rotatable bonds is 6. The summed E-state index contributed by atoms with van der Waals surface area (Å²) in [6.45, 7) is 2.22. The van der Waals surface area contributed by atoms with Gasteiger partial charge in [0, 0.05) is 44.6 Å². The maximum Gasteiger partial charge on any atom is 0.223 e. The third kappa shape index (κ3) is 4.64. The Morgan fingerprint density at radius 1 is 1.00 bits per heavy atom. The number of Topliss-reactive ketones (excluding diaryl/α,β-unsaturated/α-hetero) is 1. The second-order valence-corrected chi connectivity index (χ2v) is 6.47. The lowest BCUT2D eigenvalue weighted by molar-refractivity contribution is -0.131. The Labute approximate surface area is 158 Å². The zero-order valence-electron chi connectivity index (χ0n) is 15.4. The standard InChI is InChI=1S/C21H23FN2O3/c1-27-17-6-4-5-16(15-17)20(25)9-10-21(26)24-13-11-23(12-14-24)19-8-3-2-7-18(19)22/h2-8,15H,9-14H2,1H3. The van der Waals surface area contributed by atoms with Crippen molar-refractivity contribution < 1.29 is 18.7 Å². The number of hydrogen-bond acceptors (Lipinski definition) is 4. The number of nitrogens with zero attached hydrogens (tertiary/aromatic N) is 2. The Balaban J connectivity index is 1.49. The summed E-state index contributed by atoms with van der Waals surface area (Å²) in [6.07, 6.45) is 0.343. The number of piperazine rings is 1. The van der Waals surface area contributed by atoms with Gasteiger partial charge in [0.1, 0.15) is 11.6 Å². The van der Waals surface area contributed by atoms with Crippen LogP contribution in [0.1, 0.15) is 23.2 Å². The number of halogens is 1. The number of benzene rings is 2. The van der Waals surface area contributed by atoms with Gasteiger partial charge in [-0.05, 0) is 24.3 Å². The number of carbonyl (C=O) groups is 2. The number of anilines is 1. The first-order chi connectivity index (χ1) is 13.1. The molecule has 1 heterocycles. The molecule has 0 bridgehead atoms. The van der Waals surface area contributed by atoms with E-state index >= 15 is 0 Å². The highest BCUT2D eigenvalue weighted by Crippen LogP contribution is 2.21. The van der Waals surface area contributed by atoms with Crippen LogP contribution in [0.25, 0.3) is 0 Å². The summed E-state index contributed by atoms with van der Waals surface area (Å²) in [7, 11) is 1.55. The van der Waals surface area contributed by atoms with Crippen molar-refractivity contribution in [2.24, 2.45) is 0 Å². The van der Waals surface area contributed by atoms with E-state index in [1.165, 1.54) is 6.07 Å². The molecule has 2 aromatic rings. The van der Waals surface area contributed by atoms with E-state index in [0.717, 1.165) is 0 Å². The van der Waals surface area contributed by atoms with E-state index in [1.54, 1.807) is 54.5 Å². The number of methoxy groups -OCH3 is 1. The normalized spacial score (nSPS) is 14.1. The molecule has 0 atom stereocenters. The van der Waals surface area contributed by atoms with Gasteiger partial charge in [-0.2, -0.15) is 0 Å². The number of ether oxygens (including phenoxy) is 1. The molecule has 1 saturated heterocycles. The lowest BCUT2D eigenvalue weighted by atomic mass is 10.1. The van der Waals surface area contributed by atoms with Crippen LogP contribution in [0, 0.1) is 5.82 Å². The molecule has 6 heteroatoms. The molecule has 0 aromatic heterocycles. The highest BCUT2D eigenvalue weighted by molar-refractivity contribution is 5.98. The van der Waals surface area contributed by atoms with Gasteiger partial charge in [0.25, 0.3) is 0 Å². The third-order valence-electron chi connectivity index (χ3n) is 4.78. The number of ketones is 1. The molecule has 2 aromatic carbocycles. The second-order valence-electron chi connectivity index (χ2n) is 6.47. The van der Waals surface area contributed by atoms with Crippen molar-refractivity contribution in [1.29, 1.82) is 0 Å². The lowest BCUT2D eigenvalue weighted by Gasteiger charge is -2.36. The summed E-state index contributed by atoms with van der Waals surface area (Å²) in [5, 5.41) is 0. The lowest BCUT2D eigenvalue weighted by Crippen LogP contribution is -2.49. The first-order valence-corrected chi connectivity index (χ1v) is 9.03. The zero-order chi connectivity index (χ0) is 19.2. The van der Waals surface area contributed by atoms with E-state index in [-0.39, 0.29) is 30.3 Å². The summed E-state index contributed by atoms with van der Waals surface area (Å²) < 4.78 is 19.0. The molecule has 0 unspecified atom stereocenters. The van der Waals surface area contributed by atoms with E-state index in [2.05, 4.69) is 0 Å². The fourth-order valence-electron chi connectivity index (χ4n) is 3.22.